The van der Waals surface area contributed by atoms with Crippen molar-refractivity contribution in [2.45, 2.75) is 26.3 Å². The fraction of sp³-hybridized carbons (Fsp3) is 0.444. The first-order chi connectivity index (χ1) is 11.0. The summed E-state index contributed by atoms with van der Waals surface area (Å²) in [6, 6.07) is 7.23. The molecule has 0 aliphatic carbocycles. The van der Waals surface area contributed by atoms with Crippen LogP contribution in [0.1, 0.15) is 34.5 Å². The van der Waals surface area contributed by atoms with Gasteiger partial charge in [-0.2, -0.15) is 5.10 Å². The number of carbonyl (C=O) groups excluding carboxylic acids is 1. The molecule has 0 unspecified atom stereocenters. The molecule has 0 bridgehead atoms. The zero-order valence-electron chi connectivity index (χ0n) is 13.6. The van der Waals surface area contributed by atoms with Crippen LogP contribution in [0.25, 0.3) is 0 Å². The van der Waals surface area contributed by atoms with Crippen molar-refractivity contribution in [2.75, 3.05) is 13.1 Å². The lowest BCUT2D eigenvalue weighted by molar-refractivity contribution is 0.0811. The predicted octanol–water partition coefficient (Wildman–Crippen LogP) is 3.48. The molecule has 1 aromatic heterocycles. The van der Waals surface area contributed by atoms with E-state index >= 15 is 0 Å². The maximum atomic E-state index is 12.7. The minimum atomic E-state index is 0.0712. The van der Waals surface area contributed by atoms with Gasteiger partial charge >= 0.3 is 0 Å². The third-order valence-corrected chi connectivity index (χ3v) is 4.77. The number of nitrogens with zero attached hydrogens (tertiary/aromatic N) is 3. The largest absolute Gasteiger partial charge is 0.298 e. The summed E-state index contributed by atoms with van der Waals surface area (Å²) in [6.45, 7) is 4.76. The Kier molecular flexibility index (Phi) is 4.83. The molecule has 4 nitrogen and oxygen atoms in total. The summed E-state index contributed by atoms with van der Waals surface area (Å²) in [7, 11) is 1.94. The van der Waals surface area contributed by atoms with Crippen LogP contribution in [0, 0.1) is 12.8 Å². The molecule has 2 heterocycles. The van der Waals surface area contributed by atoms with E-state index in [0.717, 1.165) is 43.7 Å². The fourth-order valence-electron chi connectivity index (χ4n) is 3.31. The highest BCUT2D eigenvalue weighted by atomic mass is 35.5. The molecule has 1 atom stereocenters. The summed E-state index contributed by atoms with van der Waals surface area (Å²) in [6.07, 6.45) is 4.09. The SMILES string of the molecule is Cc1nn(C)cc1CN1CCC[C@@H](C(=O)c2ccc(Cl)cc2)C1. The summed E-state index contributed by atoms with van der Waals surface area (Å²) in [5, 5.41) is 5.06. The number of rotatable bonds is 4. The van der Waals surface area contributed by atoms with Crippen LogP contribution in [0.5, 0.6) is 0 Å². The molecule has 1 fully saturated rings. The van der Waals surface area contributed by atoms with Gasteiger partial charge in [0.15, 0.2) is 5.78 Å². The van der Waals surface area contributed by atoms with Gasteiger partial charge in [-0.15, -0.1) is 0 Å². The van der Waals surface area contributed by atoms with Gasteiger partial charge in [-0.1, -0.05) is 11.6 Å². The van der Waals surface area contributed by atoms with Gasteiger partial charge in [0, 0.05) is 48.4 Å². The number of aryl methyl sites for hydroxylation is 2. The smallest absolute Gasteiger partial charge is 0.167 e. The fourth-order valence-corrected chi connectivity index (χ4v) is 3.43. The third-order valence-electron chi connectivity index (χ3n) is 4.51. The average molecular weight is 332 g/mol. The normalized spacial score (nSPS) is 19.0. The maximum absolute atomic E-state index is 12.7. The van der Waals surface area contributed by atoms with Crippen LogP contribution in [-0.2, 0) is 13.6 Å². The van der Waals surface area contributed by atoms with E-state index in [2.05, 4.69) is 16.2 Å². The quantitative estimate of drug-likeness (QED) is 0.805. The summed E-state index contributed by atoms with van der Waals surface area (Å²) >= 11 is 5.90. The van der Waals surface area contributed by atoms with E-state index in [1.54, 1.807) is 12.1 Å². The van der Waals surface area contributed by atoms with Crippen LogP contribution >= 0.6 is 11.6 Å². The van der Waals surface area contributed by atoms with E-state index in [0.29, 0.717) is 5.02 Å². The Bertz CT molecular complexity index is 693. The predicted molar refractivity (Wildman–Crippen MR) is 91.7 cm³/mol. The highest BCUT2D eigenvalue weighted by Gasteiger charge is 2.27. The number of hydrogen-bond donors (Lipinski definition) is 0. The first-order valence-corrected chi connectivity index (χ1v) is 8.42. The van der Waals surface area contributed by atoms with Gasteiger partial charge in [0.05, 0.1) is 5.69 Å². The lowest BCUT2D eigenvalue weighted by Gasteiger charge is -2.31. The van der Waals surface area contributed by atoms with E-state index in [1.165, 1.54) is 5.56 Å². The molecule has 3 rings (SSSR count). The summed E-state index contributed by atoms with van der Waals surface area (Å²) in [5.74, 6) is 0.302. The number of ketones is 1. The molecule has 0 saturated carbocycles. The maximum Gasteiger partial charge on any atom is 0.167 e. The van der Waals surface area contributed by atoms with E-state index in [1.807, 2.05) is 30.8 Å². The Morgan fingerprint density at radius 3 is 2.74 bits per heavy atom. The highest BCUT2D eigenvalue weighted by molar-refractivity contribution is 6.30. The first-order valence-electron chi connectivity index (χ1n) is 8.04. The standard InChI is InChI=1S/C18H22ClN3O/c1-13-16(10-21(2)20-13)12-22-9-3-4-15(11-22)18(23)14-5-7-17(19)8-6-14/h5-8,10,15H,3-4,9,11-12H2,1-2H3/t15-/m1/s1. The monoisotopic (exact) mass is 331 g/mol. The third kappa shape index (κ3) is 3.82. The number of halogens is 1. The van der Waals surface area contributed by atoms with E-state index in [-0.39, 0.29) is 11.7 Å². The number of benzene rings is 1. The van der Waals surface area contributed by atoms with Crippen LogP contribution in [0.15, 0.2) is 30.5 Å². The summed E-state index contributed by atoms with van der Waals surface area (Å²) < 4.78 is 1.85. The van der Waals surface area contributed by atoms with Gasteiger partial charge in [0.25, 0.3) is 0 Å². The average Bonchev–Trinajstić information content (AvgIpc) is 2.85. The minimum absolute atomic E-state index is 0.0712. The first kappa shape index (κ1) is 16.2. The molecule has 23 heavy (non-hydrogen) atoms. The number of carbonyl (C=O) groups is 1. The Morgan fingerprint density at radius 2 is 2.09 bits per heavy atom. The van der Waals surface area contributed by atoms with Gasteiger partial charge in [-0.05, 0) is 50.6 Å². The Balaban J connectivity index is 1.67. The zero-order chi connectivity index (χ0) is 16.4. The molecule has 1 aliphatic rings. The lowest BCUT2D eigenvalue weighted by atomic mass is 9.90. The molecule has 0 radical (unpaired) electrons. The van der Waals surface area contributed by atoms with E-state index < -0.39 is 0 Å². The van der Waals surface area contributed by atoms with Crippen molar-refractivity contribution in [1.29, 1.82) is 0 Å². The van der Waals surface area contributed by atoms with Crippen LogP contribution < -0.4 is 0 Å². The molecule has 5 heteroatoms. The molecule has 0 N–H and O–H groups in total. The Labute approximate surface area is 142 Å². The van der Waals surface area contributed by atoms with Crippen LogP contribution in [0.3, 0.4) is 0 Å². The van der Waals surface area contributed by atoms with Gasteiger partial charge < -0.3 is 0 Å². The lowest BCUT2D eigenvalue weighted by Crippen LogP contribution is -2.38. The van der Waals surface area contributed by atoms with Crippen LogP contribution in [-0.4, -0.2) is 33.6 Å². The number of Topliss-reactive ketones (excluding diaryl/α,β-unsaturated/α-hetero) is 1. The topological polar surface area (TPSA) is 38.1 Å². The molecular weight excluding hydrogens is 310 g/mol. The van der Waals surface area contributed by atoms with Gasteiger partial charge in [-0.25, -0.2) is 0 Å². The van der Waals surface area contributed by atoms with Crippen molar-refractivity contribution in [3.8, 4) is 0 Å². The van der Waals surface area contributed by atoms with Crippen molar-refractivity contribution >= 4 is 17.4 Å². The van der Waals surface area contributed by atoms with E-state index in [9.17, 15) is 4.79 Å². The second-order valence-corrected chi connectivity index (χ2v) is 6.80. The number of hydrogen-bond acceptors (Lipinski definition) is 3. The van der Waals surface area contributed by atoms with Gasteiger partial charge in [-0.3, -0.25) is 14.4 Å². The Hall–Kier alpha value is -1.65. The second kappa shape index (κ2) is 6.85. The molecule has 1 saturated heterocycles. The van der Waals surface area contributed by atoms with Crippen molar-refractivity contribution < 1.29 is 4.79 Å². The second-order valence-electron chi connectivity index (χ2n) is 6.36. The van der Waals surface area contributed by atoms with Crippen molar-refractivity contribution in [2.24, 2.45) is 13.0 Å². The molecular formula is C18H22ClN3O. The van der Waals surface area contributed by atoms with Crippen molar-refractivity contribution in [1.82, 2.24) is 14.7 Å². The molecule has 0 spiro atoms. The summed E-state index contributed by atoms with van der Waals surface area (Å²) in [5.41, 5.74) is 3.07. The van der Waals surface area contributed by atoms with Crippen molar-refractivity contribution in [3.05, 3.63) is 52.3 Å². The molecule has 1 aliphatic heterocycles. The number of piperidine rings is 1. The molecule has 122 valence electrons. The van der Waals surface area contributed by atoms with Crippen LogP contribution in [0.4, 0.5) is 0 Å². The molecule has 0 amide bonds. The molecule has 1 aromatic carbocycles. The van der Waals surface area contributed by atoms with Gasteiger partial charge in [0.1, 0.15) is 0 Å². The number of likely N-dealkylation sites (tertiary alicyclic amines) is 1. The van der Waals surface area contributed by atoms with Crippen LogP contribution in [0.2, 0.25) is 5.02 Å². The highest BCUT2D eigenvalue weighted by Crippen LogP contribution is 2.23. The zero-order valence-corrected chi connectivity index (χ0v) is 14.4. The number of aromatic nitrogens is 2. The summed E-state index contributed by atoms with van der Waals surface area (Å²) in [4.78, 5) is 15.1. The molecule has 2 aromatic rings. The minimum Gasteiger partial charge on any atom is -0.298 e. The van der Waals surface area contributed by atoms with E-state index in [4.69, 9.17) is 11.6 Å². The van der Waals surface area contributed by atoms with Crippen molar-refractivity contribution in [3.63, 3.8) is 0 Å². The van der Waals surface area contributed by atoms with Gasteiger partial charge in [0.2, 0.25) is 0 Å². The Morgan fingerprint density at radius 1 is 1.35 bits per heavy atom.